The van der Waals surface area contributed by atoms with Gasteiger partial charge in [0.1, 0.15) is 5.78 Å². The van der Waals surface area contributed by atoms with Crippen molar-refractivity contribution in [1.29, 1.82) is 0 Å². The number of carbonyl (C=O) groups is 1. The summed E-state index contributed by atoms with van der Waals surface area (Å²) in [6.45, 7) is 14.1. The highest BCUT2D eigenvalue weighted by Gasteiger charge is 2.29. The average Bonchev–Trinajstić information content (AvgIpc) is 2.16. The Hall–Kier alpha value is -0.370. The number of unbranched alkanes of at least 4 members (excludes halogenated alkanes) is 1. The maximum atomic E-state index is 11.2. The van der Waals surface area contributed by atoms with E-state index in [1.807, 2.05) is 20.9 Å². The normalized spacial score (nSPS) is 11.3. The molecule has 0 spiro atoms. The second kappa shape index (κ2) is 7.86. The van der Waals surface area contributed by atoms with E-state index in [2.05, 4.69) is 32.6 Å². The topological polar surface area (TPSA) is 20.3 Å². The summed E-state index contributed by atoms with van der Waals surface area (Å²) in [6.07, 6.45) is 2.64. The number of hydrogen-bond donors (Lipinski definition) is 0. The highest BCUT2D eigenvalue weighted by atomic mass is 16.1. The number of likely N-dealkylation sites (N-methyl/N-ethyl adjacent to an activating group) is 1. The molecule has 0 N–H and O–H groups in total. The molecule has 0 aromatic rings. The largest absolute Gasteiger partial charge is 0.298 e. The standard InChI is InChI=1S/C9H19NO.C4H10/c1-7(2)10(6)9(4,5)8(3)11;1-3-4-2/h7H,1-6H3;3-4H2,1-2H3. The van der Waals surface area contributed by atoms with Gasteiger partial charge in [0.05, 0.1) is 5.54 Å². The van der Waals surface area contributed by atoms with Crippen molar-refractivity contribution in [2.75, 3.05) is 7.05 Å². The van der Waals surface area contributed by atoms with Gasteiger partial charge in [0.25, 0.3) is 0 Å². The molecule has 0 aliphatic heterocycles. The first kappa shape index (κ1) is 17.0. The van der Waals surface area contributed by atoms with E-state index in [9.17, 15) is 4.79 Å². The predicted octanol–water partition coefficient (Wildman–Crippen LogP) is 3.50. The van der Waals surface area contributed by atoms with Gasteiger partial charge in [-0.2, -0.15) is 0 Å². The zero-order valence-electron chi connectivity index (χ0n) is 11.8. The van der Waals surface area contributed by atoms with E-state index in [-0.39, 0.29) is 11.3 Å². The van der Waals surface area contributed by atoms with Gasteiger partial charge in [-0.25, -0.2) is 0 Å². The number of nitrogens with zero attached hydrogens (tertiary/aromatic N) is 1. The fraction of sp³-hybridized carbons (Fsp3) is 0.923. The van der Waals surface area contributed by atoms with Gasteiger partial charge in [0.15, 0.2) is 0 Å². The van der Waals surface area contributed by atoms with Crippen LogP contribution >= 0.6 is 0 Å². The van der Waals surface area contributed by atoms with Crippen molar-refractivity contribution in [2.45, 2.75) is 72.9 Å². The van der Waals surface area contributed by atoms with Crippen molar-refractivity contribution in [3.05, 3.63) is 0 Å². The van der Waals surface area contributed by atoms with E-state index < -0.39 is 0 Å². The summed E-state index contributed by atoms with van der Waals surface area (Å²) < 4.78 is 0. The summed E-state index contributed by atoms with van der Waals surface area (Å²) in [5.41, 5.74) is -0.325. The molecule has 15 heavy (non-hydrogen) atoms. The Kier molecular flexibility index (Phi) is 8.93. The van der Waals surface area contributed by atoms with Crippen LogP contribution in [-0.2, 0) is 4.79 Å². The van der Waals surface area contributed by atoms with E-state index >= 15 is 0 Å². The van der Waals surface area contributed by atoms with E-state index in [4.69, 9.17) is 0 Å². The molecule has 0 fully saturated rings. The lowest BCUT2D eigenvalue weighted by atomic mass is 9.97. The molecule has 0 aromatic heterocycles. The van der Waals surface area contributed by atoms with Gasteiger partial charge < -0.3 is 0 Å². The maximum Gasteiger partial charge on any atom is 0.149 e. The smallest absolute Gasteiger partial charge is 0.149 e. The maximum absolute atomic E-state index is 11.2. The molecule has 0 aliphatic carbocycles. The molecule has 0 aromatic carbocycles. The minimum absolute atomic E-state index is 0.216. The minimum Gasteiger partial charge on any atom is -0.298 e. The summed E-state index contributed by atoms with van der Waals surface area (Å²) in [5, 5.41) is 0. The minimum atomic E-state index is -0.325. The van der Waals surface area contributed by atoms with Crippen molar-refractivity contribution < 1.29 is 4.79 Å². The fourth-order valence-electron chi connectivity index (χ4n) is 0.894. The average molecular weight is 215 g/mol. The van der Waals surface area contributed by atoms with Crippen molar-refractivity contribution in [2.24, 2.45) is 0 Å². The lowest BCUT2D eigenvalue weighted by Crippen LogP contribution is -2.49. The number of rotatable bonds is 4. The van der Waals surface area contributed by atoms with Crippen LogP contribution in [0.1, 0.15) is 61.3 Å². The van der Waals surface area contributed by atoms with Crippen molar-refractivity contribution in [3.63, 3.8) is 0 Å². The molecule has 0 bridgehead atoms. The third-order valence-corrected chi connectivity index (χ3v) is 3.02. The molecule has 0 amide bonds. The van der Waals surface area contributed by atoms with Crippen LogP contribution < -0.4 is 0 Å². The second-order valence-corrected chi connectivity index (χ2v) is 4.82. The molecule has 0 aliphatic rings. The first-order valence-electron chi connectivity index (χ1n) is 5.95. The molecule has 0 saturated heterocycles. The molecule has 0 rings (SSSR count). The van der Waals surface area contributed by atoms with Crippen LogP contribution in [0, 0.1) is 0 Å². The third kappa shape index (κ3) is 6.67. The van der Waals surface area contributed by atoms with Gasteiger partial charge in [0.2, 0.25) is 0 Å². The van der Waals surface area contributed by atoms with Gasteiger partial charge in [-0.3, -0.25) is 9.69 Å². The number of ketones is 1. The summed E-state index contributed by atoms with van der Waals surface area (Å²) in [4.78, 5) is 13.2. The van der Waals surface area contributed by atoms with Crippen molar-refractivity contribution in [1.82, 2.24) is 4.90 Å². The molecule has 2 nitrogen and oxygen atoms in total. The van der Waals surface area contributed by atoms with E-state index in [0.717, 1.165) is 0 Å². The zero-order valence-corrected chi connectivity index (χ0v) is 11.8. The summed E-state index contributed by atoms with van der Waals surface area (Å²) in [6, 6.07) is 0.411. The number of carbonyl (C=O) groups excluding carboxylic acids is 1. The summed E-state index contributed by atoms with van der Waals surface area (Å²) in [7, 11) is 1.98. The Bertz CT molecular complexity index is 171. The van der Waals surface area contributed by atoms with Gasteiger partial charge in [-0.05, 0) is 41.7 Å². The first-order valence-corrected chi connectivity index (χ1v) is 5.95. The molecule has 92 valence electrons. The molecule has 0 radical (unpaired) electrons. The Morgan fingerprint density at radius 1 is 1.20 bits per heavy atom. The Morgan fingerprint density at radius 3 is 1.60 bits per heavy atom. The van der Waals surface area contributed by atoms with Crippen LogP contribution in [0.2, 0.25) is 0 Å². The van der Waals surface area contributed by atoms with Crippen LogP contribution in [0.25, 0.3) is 0 Å². The Labute approximate surface area is 96.0 Å². The first-order chi connectivity index (χ1) is 6.71. The highest BCUT2D eigenvalue weighted by molar-refractivity contribution is 5.85. The van der Waals surface area contributed by atoms with Crippen LogP contribution in [0.15, 0.2) is 0 Å². The van der Waals surface area contributed by atoms with Gasteiger partial charge >= 0.3 is 0 Å². The quantitative estimate of drug-likeness (QED) is 0.715. The van der Waals surface area contributed by atoms with Crippen molar-refractivity contribution >= 4 is 5.78 Å². The lowest BCUT2D eigenvalue weighted by Gasteiger charge is -2.36. The number of hydrogen-bond acceptors (Lipinski definition) is 2. The van der Waals surface area contributed by atoms with Gasteiger partial charge in [-0.15, -0.1) is 0 Å². The third-order valence-electron chi connectivity index (χ3n) is 3.02. The van der Waals surface area contributed by atoms with E-state index in [1.165, 1.54) is 12.8 Å². The zero-order chi connectivity index (χ0) is 12.6. The van der Waals surface area contributed by atoms with Crippen LogP contribution in [0.3, 0.4) is 0 Å². The molecule has 0 atom stereocenters. The second-order valence-electron chi connectivity index (χ2n) is 4.82. The fourth-order valence-corrected chi connectivity index (χ4v) is 0.894. The Balaban J connectivity index is 0. The van der Waals surface area contributed by atoms with Crippen LogP contribution in [-0.4, -0.2) is 29.3 Å². The lowest BCUT2D eigenvalue weighted by molar-refractivity contribution is -0.127. The summed E-state index contributed by atoms with van der Waals surface area (Å²) in [5.74, 6) is 0.216. The molecular weight excluding hydrogens is 186 g/mol. The summed E-state index contributed by atoms with van der Waals surface area (Å²) >= 11 is 0. The molecule has 0 unspecified atom stereocenters. The molecule has 0 heterocycles. The predicted molar refractivity (Wildman–Crippen MR) is 68.2 cm³/mol. The molecule has 2 heteroatoms. The highest BCUT2D eigenvalue weighted by Crippen LogP contribution is 2.15. The van der Waals surface area contributed by atoms with Crippen molar-refractivity contribution in [3.8, 4) is 0 Å². The SMILES string of the molecule is CC(=O)C(C)(C)N(C)C(C)C.CCCC. The number of Topliss-reactive ketones (excluding diaryl/α,β-unsaturated/α-hetero) is 1. The van der Waals surface area contributed by atoms with Gasteiger partial charge in [0, 0.05) is 6.04 Å². The van der Waals surface area contributed by atoms with Crippen LogP contribution in [0.4, 0.5) is 0 Å². The van der Waals surface area contributed by atoms with E-state index in [0.29, 0.717) is 6.04 Å². The Morgan fingerprint density at radius 2 is 1.53 bits per heavy atom. The molecular formula is C13H29NO. The monoisotopic (exact) mass is 215 g/mol. The molecule has 0 saturated carbocycles. The van der Waals surface area contributed by atoms with E-state index in [1.54, 1.807) is 6.92 Å². The van der Waals surface area contributed by atoms with Gasteiger partial charge in [-0.1, -0.05) is 26.7 Å². The van der Waals surface area contributed by atoms with Crippen LogP contribution in [0.5, 0.6) is 0 Å².